The van der Waals surface area contributed by atoms with Crippen molar-refractivity contribution in [2.75, 3.05) is 5.73 Å². The van der Waals surface area contributed by atoms with Crippen molar-refractivity contribution in [3.8, 4) is 11.1 Å². The summed E-state index contributed by atoms with van der Waals surface area (Å²) >= 11 is 11.8. The molecule has 1 heterocycles. The van der Waals surface area contributed by atoms with Crippen LogP contribution in [0.2, 0.25) is 10.0 Å². The average molecular weight is 310 g/mol. The maximum absolute atomic E-state index is 13.0. The smallest absolute Gasteiger partial charge is 0.383 e. The van der Waals surface area contributed by atoms with E-state index in [1.54, 1.807) is 0 Å². The first-order valence-corrected chi connectivity index (χ1v) is 5.83. The Hall–Kier alpha value is -1.40. The Morgan fingerprint density at radius 2 is 1.68 bits per heavy atom. The maximum Gasteiger partial charge on any atom is 0.435 e. The topological polar surface area (TPSA) is 43.8 Å². The lowest BCUT2D eigenvalue weighted by atomic mass is 10.0. The summed E-state index contributed by atoms with van der Waals surface area (Å²) in [4.78, 5) is 0. The number of benzene rings is 1. The van der Waals surface area contributed by atoms with E-state index in [-0.39, 0.29) is 27.0 Å². The summed E-state index contributed by atoms with van der Waals surface area (Å²) in [6.07, 6.45) is -4.65. The van der Waals surface area contributed by atoms with Gasteiger partial charge in [0.15, 0.2) is 5.69 Å². The molecule has 0 unspecified atom stereocenters. The van der Waals surface area contributed by atoms with Gasteiger partial charge >= 0.3 is 6.18 Å². The quantitative estimate of drug-likeness (QED) is 0.865. The Balaban J connectivity index is 2.83. The number of hydrogen-bond donors (Lipinski definition) is 1. The third-order valence-corrected chi connectivity index (χ3v) is 3.20. The molecule has 3 nitrogen and oxygen atoms in total. The van der Waals surface area contributed by atoms with E-state index in [0.717, 1.165) is 4.68 Å². The van der Waals surface area contributed by atoms with Crippen LogP contribution in [0.3, 0.4) is 0 Å². The molecule has 1 aromatic heterocycles. The summed E-state index contributed by atoms with van der Waals surface area (Å²) in [6, 6.07) is 4.42. The van der Waals surface area contributed by atoms with Crippen molar-refractivity contribution in [3.63, 3.8) is 0 Å². The van der Waals surface area contributed by atoms with Gasteiger partial charge in [0.1, 0.15) is 5.82 Å². The number of nitrogen functional groups attached to an aromatic ring is 1. The number of aryl methyl sites for hydroxylation is 1. The first-order chi connectivity index (χ1) is 8.73. The molecule has 1 aromatic carbocycles. The first-order valence-electron chi connectivity index (χ1n) is 5.07. The second-order valence-electron chi connectivity index (χ2n) is 3.83. The average Bonchev–Trinajstić information content (AvgIpc) is 2.57. The third-order valence-electron chi connectivity index (χ3n) is 2.57. The van der Waals surface area contributed by atoms with Crippen LogP contribution in [0.15, 0.2) is 18.2 Å². The minimum Gasteiger partial charge on any atom is -0.383 e. The molecule has 0 bridgehead atoms. The lowest BCUT2D eigenvalue weighted by Crippen LogP contribution is -2.08. The molecule has 0 fully saturated rings. The molecule has 0 amide bonds. The fraction of sp³-hybridized carbons (Fsp3) is 0.182. The number of anilines is 1. The Kier molecular flexibility index (Phi) is 3.40. The van der Waals surface area contributed by atoms with Gasteiger partial charge in [0.05, 0.1) is 15.6 Å². The fourth-order valence-electron chi connectivity index (χ4n) is 1.72. The molecular formula is C11H8Cl2F3N3. The van der Waals surface area contributed by atoms with E-state index >= 15 is 0 Å². The van der Waals surface area contributed by atoms with Crippen molar-refractivity contribution in [1.29, 1.82) is 0 Å². The fourth-order valence-corrected chi connectivity index (χ4v) is 2.30. The van der Waals surface area contributed by atoms with Crippen molar-refractivity contribution in [3.05, 3.63) is 33.9 Å². The van der Waals surface area contributed by atoms with Crippen molar-refractivity contribution in [2.45, 2.75) is 6.18 Å². The molecule has 102 valence electrons. The van der Waals surface area contributed by atoms with E-state index in [1.165, 1.54) is 25.2 Å². The number of rotatable bonds is 1. The monoisotopic (exact) mass is 309 g/mol. The van der Waals surface area contributed by atoms with Gasteiger partial charge in [0.2, 0.25) is 0 Å². The van der Waals surface area contributed by atoms with Gasteiger partial charge in [-0.1, -0.05) is 29.3 Å². The summed E-state index contributed by atoms with van der Waals surface area (Å²) in [7, 11) is 1.32. The van der Waals surface area contributed by atoms with Gasteiger partial charge in [-0.2, -0.15) is 18.3 Å². The summed E-state index contributed by atoms with van der Waals surface area (Å²) in [6.45, 7) is 0. The third kappa shape index (κ3) is 2.37. The zero-order chi connectivity index (χ0) is 14.4. The Morgan fingerprint density at radius 1 is 1.16 bits per heavy atom. The lowest BCUT2D eigenvalue weighted by molar-refractivity contribution is -0.140. The van der Waals surface area contributed by atoms with Gasteiger partial charge in [-0.05, 0) is 12.1 Å². The molecule has 0 saturated heterocycles. The molecule has 0 radical (unpaired) electrons. The minimum absolute atomic E-state index is 0.0313. The zero-order valence-corrected chi connectivity index (χ0v) is 11.1. The van der Waals surface area contributed by atoms with Crippen LogP contribution in [0.4, 0.5) is 19.0 Å². The number of nitrogens with zero attached hydrogens (tertiary/aromatic N) is 2. The number of aromatic nitrogens is 2. The zero-order valence-electron chi connectivity index (χ0n) is 9.59. The van der Waals surface area contributed by atoms with Crippen LogP contribution < -0.4 is 5.73 Å². The van der Waals surface area contributed by atoms with E-state index in [1.807, 2.05) is 0 Å². The standard InChI is InChI=1S/C11H8Cl2F3N3/c1-19-10(17)8(9(18-19)11(14,15)16)7-5(12)3-2-4-6(7)13/h2-4H,17H2,1H3. The maximum atomic E-state index is 13.0. The summed E-state index contributed by atoms with van der Waals surface area (Å²) in [5, 5.41) is 3.55. The summed E-state index contributed by atoms with van der Waals surface area (Å²) in [5.74, 6) is -0.151. The molecule has 0 aliphatic carbocycles. The highest BCUT2D eigenvalue weighted by Gasteiger charge is 2.39. The lowest BCUT2D eigenvalue weighted by Gasteiger charge is -2.10. The highest BCUT2D eigenvalue weighted by atomic mass is 35.5. The summed E-state index contributed by atoms with van der Waals surface area (Å²) in [5.41, 5.74) is 4.28. The molecule has 0 aliphatic heterocycles. The van der Waals surface area contributed by atoms with Gasteiger partial charge in [0, 0.05) is 12.6 Å². The van der Waals surface area contributed by atoms with Gasteiger partial charge < -0.3 is 5.73 Å². The van der Waals surface area contributed by atoms with Gasteiger partial charge in [-0.3, -0.25) is 4.68 Å². The van der Waals surface area contributed by atoms with Gasteiger partial charge in [-0.25, -0.2) is 0 Å². The molecule has 8 heteroatoms. The molecule has 0 atom stereocenters. The van der Waals surface area contributed by atoms with Crippen LogP contribution in [0.5, 0.6) is 0 Å². The predicted octanol–water partition coefficient (Wildman–Crippen LogP) is 3.99. The van der Waals surface area contributed by atoms with Gasteiger partial charge in [0.25, 0.3) is 0 Å². The highest BCUT2D eigenvalue weighted by Crippen LogP contribution is 2.44. The SMILES string of the molecule is Cn1nc(C(F)(F)F)c(-c2c(Cl)cccc2Cl)c1N. The van der Waals surface area contributed by atoms with Crippen LogP contribution in [0.25, 0.3) is 11.1 Å². The molecule has 0 spiro atoms. The largest absolute Gasteiger partial charge is 0.435 e. The van der Waals surface area contributed by atoms with Crippen molar-refractivity contribution in [2.24, 2.45) is 7.05 Å². The highest BCUT2D eigenvalue weighted by molar-refractivity contribution is 6.39. The van der Waals surface area contributed by atoms with E-state index in [0.29, 0.717) is 0 Å². The molecule has 2 rings (SSSR count). The Labute approximate surface area is 116 Å². The summed E-state index contributed by atoms with van der Waals surface area (Å²) < 4.78 is 39.9. The Bertz CT molecular complexity index is 615. The number of nitrogens with two attached hydrogens (primary N) is 1. The van der Waals surface area contributed by atoms with Crippen LogP contribution in [0.1, 0.15) is 5.69 Å². The van der Waals surface area contributed by atoms with E-state index < -0.39 is 11.9 Å². The molecule has 2 aromatic rings. The van der Waals surface area contributed by atoms with Crippen molar-refractivity contribution >= 4 is 29.0 Å². The molecule has 19 heavy (non-hydrogen) atoms. The van der Waals surface area contributed by atoms with E-state index in [4.69, 9.17) is 28.9 Å². The van der Waals surface area contributed by atoms with Crippen molar-refractivity contribution in [1.82, 2.24) is 9.78 Å². The first kappa shape index (κ1) is 14.0. The second-order valence-corrected chi connectivity index (χ2v) is 4.64. The minimum atomic E-state index is -4.65. The number of halogens is 5. The number of alkyl halides is 3. The van der Waals surface area contributed by atoms with Gasteiger partial charge in [-0.15, -0.1) is 0 Å². The van der Waals surface area contributed by atoms with Crippen LogP contribution in [0, 0.1) is 0 Å². The Morgan fingerprint density at radius 3 is 2.16 bits per heavy atom. The number of hydrogen-bond acceptors (Lipinski definition) is 2. The van der Waals surface area contributed by atoms with Crippen molar-refractivity contribution < 1.29 is 13.2 Å². The molecule has 0 saturated carbocycles. The molecular weight excluding hydrogens is 302 g/mol. The second kappa shape index (κ2) is 4.61. The molecule has 2 N–H and O–H groups in total. The van der Waals surface area contributed by atoms with Crippen LogP contribution in [-0.4, -0.2) is 9.78 Å². The van der Waals surface area contributed by atoms with E-state index in [9.17, 15) is 13.2 Å². The predicted molar refractivity (Wildman–Crippen MR) is 68.1 cm³/mol. The van der Waals surface area contributed by atoms with E-state index in [2.05, 4.69) is 5.10 Å². The van der Waals surface area contributed by atoms with Crippen LogP contribution >= 0.6 is 23.2 Å². The molecule has 0 aliphatic rings. The van der Waals surface area contributed by atoms with Crippen LogP contribution in [-0.2, 0) is 13.2 Å². The normalized spacial score (nSPS) is 11.9.